The van der Waals surface area contributed by atoms with Crippen molar-refractivity contribution in [2.24, 2.45) is 39.9 Å². The van der Waals surface area contributed by atoms with Crippen molar-refractivity contribution in [2.45, 2.75) is 95.9 Å². The molecule has 0 saturated heterocycles. The molecule has 0 N–H and O–H groups in total. The minimum Gasteiger partial charge on any atom is -0.0622 e. The van der Waals surface area contributed by atoms with Crippen LogP contribution in [0.15, 0.2) is 0 Å². The van der Waals surface area contributed by atoms with Gasteiger partial charge in [-0.1, -0.05) is 83.1 Å². The lowest BCUT2D eigenvalue weighted by Crippen LogP contribution is -2.44. The first-order chi connectivity index (χ1) is 9.19. The molecule has 0 spiro atoms. The van der Waals surface area contributed by atoms with Crippen LogP contribution in [0.3, 0.4) is 0 Å². The van der Waals surface area contributed by atoms with Gasteiger partial charge in [-0.3, -0.25) is 0 Å². The highest BCUT2D eigenvalue weighted by atomic mass is 14.5. The SMILES string of the molecule is CC(C)C(C)(CC(CC(C)(C)C)(C(C)C)C(C)C)C(C)C. The lowest BCUT2D eigenvalue weighted by Gasteiger charge is -2.53. The van der Waals surface area contributed by atoms with E-state index in [1.807, 2.05) is 0 Å². The van der Waals surface area contributed by atoms with Gasteiger partial charge >= 0.3 is 0 Å². The van der Waals surface area contributed by atoms with Crippen molar-refractivity contribution in [3.05, 3.63) is 0 Å². The van der Waals surface area contributed by atoms with Crippen LogP contribution in [0.4, 0.5) is 0 Å². The average molecular weight is 297 g/mol. The minimum atomic E-state index is 0.392. The van der Waals surface area contributed by atoms with E-state index in [2.05, 4.69) is 83.1 Å². The smallest absolute Gasteiger partial charge is 0.0241 e. The lowest BCUT2D eigenvalue weighted by atomic mass is 9.52. The van der Waals surface area contributed by atoms with Crippen LogP contribution >= 0.6 is 0 Å². The summed E-state index contributed by atoms with van der Waals surface area (Å²) in [6.45, 7) is 29.2. The standard InChI is InChI=1S/C21H44/c1-15(2)20(12,16(3)4)14-21(17(5)6,18(7)8)13-19(9,10)11/h15-18H,13-14H2,1-12H3. The van der Waals surface area contributed by atoms with Gasteiger partial charge in [0, 0.05) is 0 Å². The quantitative estimate of drug-likeness (QED) is 0.458. The van der Waals surface area contributed by atoms with Gasteiger partial charge in [-0.25, -0.2) is 0 Å². The fraction of sp³-hybridized carbons (Fsp3) is 1.00. The molecular weight excluding hydrogens is 252 g/mol. The topological polar surface area (TPSA) is 0 Å². The van der Waals surface area contributed by atoms with Crippen LogP contribution < -0.4 is 0 Å². The maximum atomic E-state index is 2.53. The van der Waals surface area contributed by atoms with Crippen LogP contribution in [0.25, 0.3) is 0 Å². The summed E-state index contributed by atoms with van der Waals surface area (Å²) in [4.78, 5) is 0. The Morgan fingerprint density at radius 3 is 1.05 bits per heavy atom. The van der Waals surface area contributed by atoms with E-state index in [-0.39, 0.29) is 0 Å². The zero-order chi connectivity index (χ0) is 17.2. The molecule has 0 bridgehead atoms. The molecule has 0 aromatic rings. The van der Waals surface area contributed by atoms with E-state index in [1.165, 1.54) is 12.8 Å². The lowest BCUT2D eigenvalue weighted by molar-refractivity contribution is -0.0339. The summed E-state index contributed by atoms with van der Waals surface area (Å²) < 4.78 is 0. The molecule has 128 valence electrons. The first-order valence-corrected chi connectivity index (χ1v) is 9.19. The summed E-state index contributed by atoms with van der Waals surface area (Å²) >= 11 is 0. The van der Waals surface area contributed by atoms with Crippen molar-refractivity contribution in [3.63, 3.8) is 0 Å². The third kappa shape index (κ3) is 5.00. The van der Waals surface area contributed by atoms with E-state index in [0.717, 1.165) is 23.7 Å². The highest BCUT2D eigenvalue weighted by Gasteiger charge is 2.46. The Labute approximate surface area is 136 Å². The zero-order valence-corrected chi connectivity index (χ0v) is 17.2. The Morgan fingerprint density at radius 2 is 0.857 bits per heavy atom. The molecule has 0 nitrogen and oxygen atoms in total. The second-order valence-electron chi connectivity index (χ2n) is 10.3. The molecule has 0 atom stereocenters. The van der Waals surface area contributed by atoms with Crippen LogP contribution in [0.1, 0.15) is 95.9 Å². The summed E-state index contributed by atoms with van der Waals surface area (Å²) in [6.07, 6.45) is 2.67. The van der Waals surface area contributed by atoms with Crippen molar-refractivity contribution >= 4 is 0 Å². The third-order valence-electron chi connectivity index (χ3n) is 6.51. The van der Waals surface area contributed by atoms with E-state index in [9.17, 15) is 0 Å². The van der Waals surface area contributed by atoms with Crippen molar-refractivity contribution in [2.75, 3.05) is 0 Å². The normalized spacial score (nSPS) is 14.9. The molecule has 0 heteroatoms. The predicted molar refractivity (Wildman–Crippen MR) is 98.6 cm³/mol. The van der Waals surface area contributed by atoms with Gasteiger partial charge in [-0.2, -0.15) is 0 Å². The molecule has 0 fully saturated rings. The molecule has 0 amide bonds. The van der Waals surface area contributed by atoms with E-state index >= 15 is 0 Å². The molecule has 0 aliphatic rings. The third-order valence-corrected chi connectivity index (χ3v) is 6.51. The summed E-state index contributed by atoms with van der Waals surface area (Å²) in [5, 5.41) is 0. The number of rotatable bonds is 7. The molecule has 0 aliphatic heterocycles. The minimum absolute atomic E-state index is 0.392. The predicted octanol–water partition coefficient (Wildman–Crippen LogP) is 7.43. The van der Waals surface area contributed by atoms with Gasteiger partial charge in [0.25, 0.3) is 0 Å². The second-order valence-corrected chi connectivity index (χ2v) is 10.3. The molecule has 0 radical (unpaired) electrons. The molecule has 0 aromatic heterocycles. The summed E-state index contributed by atoms with van der Waals surface area (Å²) in [5.74, 6) is 2.92. The van der Waals surface area contributed by atoms with Gasteiger partial charge in [0.15, 0.2) is 0 Å². The highest BCUT2D eigenvalue weighted by Crippen LogP contribution is 2.55. The van der Waals surface area contributed by atoms with Crippen molar-refractivity contribution < 1.29 is 0 Å². The van der Waals surface area contributed by atoms with Gasteiger partial charge in [-0.05, 0) is 52.8 Å². The summed E-state index contributed by atoms with van der Waals surface area (Å²) in [5.41, 5.74) is 1.24. The molecule has 0 saturated carbocycles. The Bertz CT molecular complexity index is 282. The van der Waals surface area contributed by atoms with E-state index < -0.39 is 0 Å². The molecule has 21 heavy (non-hydrogen) atoms. The van der Waals surface area contributed by atoms with Crippen LogP contribution in [0.5, 0.6) is 0 Å². The largest absolute Gasteiger partial charge is 0.0622 e. The van der Waals surface area contributed by atoms with Gasteiger partial charge < -0.3 is 0 Å². The van der Waals surface area contributed by atoms with Crippen LogP contribution in [0.2, 0.25) is 0 Å². The Morgan fingerprint density at radius 1 is 0.524 bits per heavy atom. The van der Waals surface area contributed by atoms with E-state index in [0.29, 0.717) is 16.2 Å². The molecule has 0 unspecified atom stereocenters. The Kier molecular flexibility index (Phi) is 7.05. The van der Waals surface area contributed by atoms with E-state index in [1.54, 1.807) is 0 Å². The van der Waals surface area contributed by atoms with Crippen LogP contribution in [0, 0.1) is 39.9 Å². The Balaban J connectivity index is 5.81. The Hall–Kier alpha value is 0. The van der Waals surface area contributed by atoms with Crippen molar-refractivity contribution in [1.29, 1.82) is 0 Å². The fourth-order valence-corrected chi connectivity index (χ4v) is 4.32. The molecule has 0 aromatic carbocycles. The maximum absolute atomic E-state index is 2.53. The van der Waals surface area contributed by atoms with Crippen molar-refractivity contribution in [3.8, 4) is 0 Å². The van der Waals surface area contributed by atoms with Crippen molar-refractivity contribution in [1.82, 2.24) is 0 Å². The van der Waals surface area contributed by atoms with Gasteiger partial charge in [0.1, 0.15) is 0 Å². The molecule has 0 aliphatic carbocycles. The van der Waals surface area contributed by atoms with Gasteiger partial charge in [0.05, 0.1) is 0 Å². The fourth-order valence-electron chi connectivity index (χ4n) is 4.32. The molecule has 0 rings (SSSR count). The number of hydrogen-bond donors (Lipinski definition) is 0. The summed E-state index contributed by atoms with van der Waals surface area (Å²) in [6, 6.07) is 0. The van der Waals surface area contributed by atoms with E-state index in [4.69, 9.17) is 0 Å². The monoisotopic (exact) mass is 296 g/mol. The first-order valence-electron chi connectivity index (χ1n) is 9.19. The maximum Gasteiger partial charge on any atom is -0.0241 e. The number of hydrogen-bond acceptors (Lipinski definition) is 0. The van der Waals surface area contributed by atoms with Gasteiger partial charge in [0.2, 0.25) is 0 Å². The molecule has 0 heterocycles. The molecular formula is C21H44. The van der Waals surface area contributed by atoms with Gasteiger partial charge in [-0.15, -0.1) is 0 Å². The van der Waals surface area contributed by atoms with Crippen LogP contribution in [-0.2, 0) is 0 Å². The second kappa shape index (κ2) is 7.05. The first kappa shape index (κ1) is 21.0. The van der Waals surface area contributed by atoms with Crippen LogP contribution in [-0.4, -0.2) is 0 Å². The average Bonchev–Trinajstić information content (AvgIpc) is 2.24. The summed E-state index contributed by atoms with van der Waals surface area (Å²) in [7, 11) is 0. The highest BCUT2D eigenvalue weighted by molar-refractivity contribution is 4.96. The zero-order valence-electron chi connectivity index (χ0n) is 17.2.